The lowest BCUT2D eigenvalue weighted by molar-refractivity contribution is -0.258. The maximum atomic E-state index is 13.7. The van der Waals surface area contributed by atoms with Crippen LogP contribution >= 0.6 is 12.6 Å². The molecular weight excluding hydrogens is 638 g/mol. The molecule has 2 heterocycles. The summed E-state index contributed by atoms with van der Waals surface area (Å²) in [6.07, 6.45) is -2.00. The molecule has 2 atom stereocenters. The van der Waals surface area contributed by atoms with Crippen LogP contribution in [0.5, 0.6) is 0 Å². The van der Waals surface area contributed by atoms with Crippen LogP contribution in [0.3, 0.4) is 0 Å². The number of thiol groups is 1. The molecule has 44 heavy (non-hydrogen) atoms. The number of anilines is 2. The first kappa shape index (κ1) is 34.0. The van der Waals surface area contributed by atoms with Crippen molar-refractivity contribution in [3.05, 3.63) is 78.6 Å². The number of benzene rings is 2. The average Bonchev–Trinajstić information content (AvgIpc) is 2.95. The molecular formula is C29H35F3N4O5S3. The van der Waals surface area contributed by atoms with Crippen molar-refractivity contribution in [3.8, 4) is 0 Å². The molecule has 1 N–H and O–H groups in total. The maximum absolute atomic E-state index is 13.7. The van der Waals surface area contributed by atoms with Gasteiger partial charge in [0.25, 0.3) is 0 Å². The van der Waals surface area contributed by atoms with Gasteiger partial charge in [0.2, 0.25) is 20.0 Å². The first-order valence-electron chi connectivity index (χ1n) is 13.8. The van der Waals surface area contributed by atoms with Gasteiger partial charge < -0.3 is 10.0 Å². The van der Waals surface area contributed by atoms with Crippen molar-refractivity contribution >= 4 is 44.1 Å². The lowest BCUT2D eigenvalue weighted by Crippen LogP contribution is -2.59. The smallest absolute Gasteiger partial charge is 0.376 e. The predicted molar refractivity (Wildman–Crippen MR) is 166 cm³/mol. The minimum Gasteiger partial charge on any atom is -0.376 e. The zero-order valence-corrected chi connectivity index (χ0v) is 26.9. The molecule has 15 heteroatoms. The maximum Gasteiger partial charge on any atom is 0.421 e. The summed E-state index contributed by atoms with van der Waals surface area (Å²) in [6.45, 7) is 4.04. The molecule has 0 unspecified atom stereocenters. The Hall–Kier alpha value is -2.85. The Balaban J connectivity index is 1.76. The van der Waals surface area contributed by atoms with Crippen molar-refractivity contribution in [2.75, 3.05) is 41.1 Å². The van der Waals surface area contributed by atoms with Gasteiger partial charge in [-0.25, -0.2) is 16.8 Å². The minimum absolute atomic E-state index is 0.00538. The van der Waals surface area contributed by atoms with Gasteiger partial charge in [-0.1, -0.05) is 38.1 Å². The molecule has 240 valence electrons. The molecule has 0 bridgehead atoms. The van der Waals surface area contributed by atoms with Gasteiger partial charge in [0.1, 0.15) is 0 Å². The summed E-state index contributed by atoms with van der Waals surface area (Å²) in [5, 5.41) is 10.1. The van der Waals surface area contributed by atoms with E-state index in [1.165, 1.54) is 39.2 Å². The summed E-state index contributed by atoms with van der Waals surface area (Å²) in [6, 6.07) is 13.8. The molecule has 1 aromatic heterocycles. The molecule has 2 aromatic carbocycles. The number of hydrogen-bond donors (Lipinski definition) is 2. The molecule has 0 spiro atoms. The van der Waals surface area contributed by atoms with Gasteiger partial charge in [0.05, 0.1) is 35.1 Å². The van der Waals surface area contributed by atoms with E-state index in [0.717, 1.165) is 12.1 Å². The Bertz CT molecular complexity index is 1650. The second kappa shape index (κ2) is 12.9. The lowest BCUT2D eigenvalue weighted by Gasteiger charge is -2.44. The molecule has 1 aliphatic rings. The van der Waals surface area contributed by atoms with Gasteiger partial charge in [0.15, 0.2) is 5.60 Å². The number of alkyl halides is 3. The van der Waals surface area contributed by atoms with Crippen molar-refractivity contribution in [1.82, 2.24) is 9.29 Å². The van der Waals surface area contributed by atoms with Crippen LogP contribution in [-0.4, -0.2) is 75.4 Å². The molecule has 9 nitrogen and oxygen atoms in total. The summed E-state index contributed by atoms with van der Waals surface area (Å²) in [7, 11) is -7.94. The van der Waals surface area contributed by atoms with Gasteiger partial charge in [-0.2, -0.15) is 17.5 Å². The first-order chi connectivity index (χ1) is 20.4. The van der Waals surface area contributed by atoms with Crippen LogP contribution in [0.4, 0.5) is 24.5 Å². The van der Waals surface area contributed by atoms with E-state index >= 15 is 0 Å². The third kappa shape index (κ3) is 7.17. The number of hydrogen-bond acceptors (Lipinski definition) is 8. The van der Waals surface area contributed by atoms with E-state index in [-0.39, 0.29) is 53.2 Å². The Labute approximate surface area is 261 Å². The highest BCUT2D eigenvalue weighted by atomic mass is 32.2. The molecule has 4 rings (SSSR count). The summed E-state index contributed by atoms with van der Waals surface area (Å²) >= 11 is 4.32. The van der Waals surface area contributed by atoms with Crippen LogP contribution in [0.15, 0.2) is 82.8 Å². The molecule has 1 aliphatic heterocycles. The van der Waals surface area contributed by atoms with E-state index in [1.807, 2.05) is 0 Å². The van der Waals surface area contributed by atoms with Crippen LogP contribution in [0.2, 0.25) is 0 Å². The largest absolute Gasteiger partial charge is 0.421 e. The van der Waals surface area contributed by atoms with E-state index in [4.69, 9.17) is 0 Å². The Kier molecular flexibility index (Phi) is 9.95. The minimum atomic E-state index is -4.91. The summed E-state index contributed by atoms with van der Waals surface area (Å²) in [4.78, 5) is 6.12. The fourth-order valence-corrected chi connectivity index (χ4v) is 8.99. The third-order valence-corrected chi connectivity index (χ3v) is 12.0. The van der Waals surface area contributed by atoms with Gasteiger partial charge in [0, 0.05) is 36.4 Å². The molecule has 0 aliphatic carbocycles. The summed E-state index contributed by atoms with van der Waals surface area (Å²) in [5.41, 5.74) is -2.71. The van der Waals surface area contributed by atoms with Crippen molar-refractivity contribution in [2.45, 2.75) is 48.4 Å². The van der Waals surface area contributed by atoms with Gasteiger partial charge in [-0.05, 0) is 54.8 Å². The first-order valence-corrected chi connectivity index (χ1v) is 17.3. The second-order valence-electron chi connectivity index (χ2n) is 11.2. The van der Waals surface area contributed by atoms with Gasteiger partial charge in [-0.3, -0.25) is 9.29 Å². The number of pyridine rings is 1. The van der Waals surface area contributed by atoms with E-state index < -0.39 is 37.9 Å². The molecule has 1 fully saturated rings. The second-order valence-corrected chi connectivity index (χ2v) is 15.5. The quantitative estimate of drug-likeness (QED) is 0.305. The molecule has 0 saturated carbocycles. The van der Waals surface area contributed by atoms with E-state index in [2.05, 4.69) is 17.6 Å². The highest BCUT2D eigenvalue weighted by Crippen LogP contribution is 2.39. The number of rotatable bonds is 10. The highest BCUT2D eigenvalue weighted by molar-refractivity contribution is 7.92. The van der Waals surface area contributed by atoms with Gasteiger partial charge >= 0.3 is 6.18 Å². The SMILES string of the molecule is CC(C)CS(=O)(=O)N(C[C@H]1CN(S(=O)(=O)c2ccccc2S)CCN1c1ccc([C@](C)(O)C(F)(F)F)cc1)c1cccnc1. The van der Waals surface area contributed by atoms with Crippen LogP contribution < -0.4 is 9.21 Å². The Morgan fingerprint density at radius 3 is 2.25 bits per heavy atom. The fraction of sp³-hybridized carbons (Fsp3) is 0.414. The van der Waals surface area contributed by atoms with Crippen molar-refractivity contribution < 1.29 is 35.1 Å². The number of piperazine rings is 1. The zero-order chi connectivity index (χ0) is 32.5. The average molecular weight is 673 g/mol. The monoisotopic (exact) mass is 672 g/mol. The number of sulfonamides is 2. The summed E-state index contributed by atoms with van der Waals surface area (Å²) in [5.74, 6) is -0.385. The van der Waals surface area contributed by atoms with Gasteiger partial charge in [-0.15, -0.1) is 12.6 Å². The number of aliphatic hydroxyl groups is 1. The Morgan fingerprint density at radius 1 is 1.02 bits per heavy atom. The Morgan fingerprint density at radius 2 is 1.68 bits per heavy atom. The summed E-state index contributed by atoms with van der Waals surface area (Å²) < 4.78 is 97.7. The van der Waals surface area contributed by atoms with Crippen LogP contribution in [-0.2, 0) is 25.6 Å². The van der Waals surface area contributed by atoms with Crippen molar-refractivity contribution in [1.29, 1.82) is 0 Å². The fourth-order valence-electron chi connectivity index (χ4n) is 5.08. The molecule has 0 amide bonds. The normalized spacial score (nSPS) is 18.3. The van der Waals surface area contributed by atoms with Crippen LogP contribution in [0.25, 0.3) is 0 Å². The number of halogens is 3. The highest BCUT2D eigenvalue weighted by Gasteiger charge is 2.51. The zero-order valence-electron chi connectivity index (χ0n) is 24.4. The topological polar surface area (TPSA) is 111 Å². The standard InChI is InChI=1S/C29H35F3N4O5S3/c1-21(2)20-43(38,39)36(24-7-6-14-33-17-24)19-25-18-34(44(40,41)27-9-5-4-8-26(27)42)15-16-35(25)23-12-10-22(11-13-23)28(3,37)29(30,31)32/h4-14,17,21,25,37,42H,15-16,18-20H2,1-3H3/t25-,28+/m1/s1. The van der Waals surface area contributed by atoms with Crippen LogP contribution in [0, 0.1) is 5.92 Å². The van der Waals surface area contributed by atoms with E-state index in [0.29, 0.717) is 18.3 Å². The van der Waals surface area contributed by atoms with E-state index in [1.54, 1.807) is 49.1 Å². The molecule has 0 radical (unpaired) electrons. The van der Waals surface area contributed by atoms with Crippen molar-refractivity contribution in [2.24, 2.45) is 5.92 Å². The van der Waals surface area contributed by atoms with Crippen molar-refractivity contribution in [3.63, 3.8) is 0 Å². The molecule has 1 saturated heterocycles. The number of aromatic nitrogens is 1. The predicted octanol–water partition coefficient (Wildman–Crippen LogP) is 4.51. The van der Waals surface area contributed by atoms with E-state index in [9.17, 15) is 35.1 Å². The van der Waals surface area contributed by atoms with Crippen LogP contribution in [0.1, 0.15) is 26.3 Å². The number of nitrogens with zero attached hydrogens (tertiary/aromatic N) is 4. The molecule has 3 aromatic rings. The lowest BCUT2D eigenvalue weighted by atomic mass is 9.95. The third-order valence-electron chi connectivity index (χ3n) is 7.43.